The molecule has 7 heteroatoms. The lowest BCUT2D eigenvalue weighted by molar-refractivity contribution is -0.134. The molecule has 2 atom stereocenters. The molecule has 1 fully saturated rings. The highest BCUT2D eigenvalue weighted by Crippen LogP contribution is 2.20. The quantitative estimate of drug-likeness (QED) is 0.793. The van der Waals surface area contributed by atoms with Crippen molar-refractivity contribution < 1.29 is 9.18 Å². The van der Waals surface area contributed by atoms with Crippen LogP contribution in [0.1, 0.15) is 31.2 Å². The first-order valence-electron chi connectivity index (χ1n) is 9.73. The Bertz CT molecular complexity index is 815. The number of nitrogens with two attached hydrogens (primary N) is 1. The Kier molecular flexibility index (Phi) is 6.57. The van der Waals surface area contributed by atoms with Crippen LogP contribution in [0.2, 0.25) is 0 Å². The Morgan fingerprint density at radius 2 is 2.25 bits per heavy atom. The van der Waals surface area contributed by atoms with Gasteiger partial charge in [0.15, 0.2) is 0 Å². The van der Waals surface area contributed by atoms with Gasteiger partial charge in [-0.1, -0.05) is 19.1 Å². The summed E-state index contributed by atoms with van der Waals surface area (Å²) in [6, 6.07) is 8.54. The number of aryl methyl sites for hydroxylation is 1. The van der Waals surface area contributed by atoms with Crippen molar-refractivity contribution in [1.29, 1.82) is 0 Å². The van der Waals surface area contributed by atoms with Gasteiger partial charge in [-0.15, -0.1) is 0 Å². The summed E-state index contributed by atoms with van der Waals surface area (Å²) in [6.07, 6.45) is 4.02. The van der Waals surface area contributed by atoms with Gasteiger partial charge in [-0.2, -0.15) is 0 Å². The van der Waals surface area contributed by atoms with Gasteiger partial charge < -0.3 is 10.6 Å². The molecular formula is C21H28FN5O. The number of benzene rings is 1. The minimum atomic E-state index is -0.231. The van der Waals surface area contributed by atoms with E-state index in [-0.39, 0.29) is 23.7 Å². The monoisotopic (exact) mass is 385 g/mol. The fraction of sp³-hybridized carbons (Fsp3) is 0.476. The molecule has 2 aromatic rings. The predicted molar refractivity (Wildman–Crippen MR) is 107 cm³/mol. The van der Waals surface area contributed by atoms with Crippen LogP contribution in [0.15, 0.2) is 36.5 Å². The van der Waals surface area contributed by atoms with Crippen LogP contribution in [0, 0.1) is 11.7 Å². The summed E-state index contributed by atoms with van der Waals surface area (Å²) in [6.45, 7) is 4.03. The van der Waals surface area contributed by atoms with Gasteiger partial charge in [0, 0.05) is 31.2 Å². The molecule has 0 saturated carbocycles. The standard InChI is InChI=1S/C21H28FN5O/c1-15(6-7-16-4-3-5-17(22)12-16)21(28)27-11-9-18(13-27)26(2)14-20-24-10-8-19(23)25-20/h3-5,8,10,12,15,18H,6-7,9,11,13-14H2,1-2H3,(H2,23,24,25)/t15-,18-/m0/s1. The zero-order valence-corrected chi connectivity index (χ0v) is 16.5. The van der Waals surface area contributed by atoms with Crippen molar-refractivity contribution in [2.75, 3.05) is 25.9 Å². The molecule has 0 aliphatic carbocycles. The van der Waals surface area contributed by atoms with E-state index in [1.807, 2.05) is 24.9 Å². The number of carbonyl (C=O) groups is 1. The number of rotatable bonds is 7. The molecule has 2 N–H and O–H groups in total. The molecule has 0 radical (unpaired) electrons. The lowest BCUT2D eigenvalue weighted by Crippen LogP contribution is -2.38. The van der Waals surface area contributed by atoms with E-state index >= 15 is 0 Å². The summed E-state index contributed by atoms with van der Waals surface area (Å²) in [7, 11) is 2.03. The fourth-order valence-electron chi connectivity index (χ4n) is 3.66. The average molecular weight is 385 g/mol. The largest absolute Gasteiger partial charge is 0.384 e. The third-order valence-corrected chi connectivity index (χ3v) is 5.39. The molecule has 1 aromatic carbocycles. The molecule has 3 rings (SSSR count). The molecule has 1 aliphatic rings. The Morgan fingerprint density at radius 3 is 3.00 bits per heavy atom. The normalized spacial score (nSPS) is 17.9. The molecule has 0 bridgehead atoms. The predicted octanol–water partition coefficient (Wildman–Crippen LogP) is 2.50. The van der Waals surface area contributed by atoms with Gasteiger partial charge in [0.2, 0.25) is 5.91 Å². The van der Waals surface area contributed by atoms with Gasteiger partial charge in [-0.3, -0.25) is 9.69 Å². The van der Waals surface area contributed by atoms with E-state index < -0.39 is 0 Å². The van der Waals surface area contributed by atoms with Crippen LogP contribution >= 0.6 is 0 Å². The summed E-state index contributed by atoms with van der Waals surface area (Å²) >= 11 is 0. The maximum Gasteiger partial charge on any atom is 0.225 e. The van der Waals surface area contributed by atoms with Gasteiger partial charge in [0.1, 0.15) is 17.5 Å². The molecule has 1 aliphatic heterocycles. The van der Waals surface area contributed by atoms with E-state index in [0.717, 1.165) is 24.9 Å². The lowest BCUT2D eigenvalue weighted by Gasteiger charge is -2.25. The molecule has 1 aromatic heterocycles. The Morgan fingerprint density at radius 1 is 1.43 bits per heavy atom. The Balaban J connectivity index is 1.48. The van der Waals surface area contributed by atoms with Gasteiger partial charge in [0.25, 0.3) is 0 Å². The van der Waals surface area contributed by atoms with Crippen LogP contribution in [0.5, 0.6) is 0 Å². The minimum Gasteiger partial charge on any atom is -0.384 e. The number of likely N-dealkylation sites (tertiary alicyclic amines) is 1. The molecular weight excluding hydrogens is 357 g/mol. The Hall–Kier alpha value is -2.54. The highest BCUT2D eigenvalue weighted by atomic mass is 19.1. The maximum atomic E-state index is 13.3. The van der Waals surface area contributed by atoms with Crippen LogP contribution < -0.4 is 5.73 Å². The van der Waals surface area contributed by atoms with Crippen molar-refractivity contribution in [3.05, 3.63) is 53.7 Å². The van der Waals surface area contributed by atoms with Gasteiger partial charge in [0.05, 0.1) is 6.54 Å². The molecule has 6 nitrogen and oxygen atoms in total. The molecule has 28 heavy (non-hydrogen) atoms. The molecule has 1 amide bonds. The van der Waals surface area contributed by atoms with Gasteiger partial charge in [-0.25, -0.2) is 14.4 Å². The van der Waals surface area contributed by atoms with Crippen molar-refractivity contribution >= 4 is 11.7 Å². The number of aromatic nitrogens is 2. The summed E-state index contributed by atoms with van der Waals surface area (Å²) in [5.41, 5.74) is 6.65. The van der Waals surface area contributed by atoms with Crippen molar-refractivity contribution in [2.45, 2.75) is 38.8 Å². The number of amides is 1. The van der Waals surface area contributed by atoms with E-state index in [2.05, 4.69) is 14.9 Å². The zero-order valence-electron chi connectivity index (χ0n) is 16.5. The van der Waals surface area contributed by atoms with E-state index in [1.165, 1.54) is 12.1 Å². The number of nitrogens with zero attached hydrogens (tertiary/aromatic N) is 4. The second-order valence-corrected chi connectivity index (χ2v) is 7.61. The number of hydrogen-bond donors (Lipinski definition) is 1. The highest BCUT2D eigenvalue weighted by molar-refractivity contribution is 5.78. The zero-order chi connectivity index (χ0) is 20.1. The topological polar surface area (TPSA) is 75.4 Å². The molecule has 0 spiro atoms. The van der Waals surface area contributed by atoms with E-state index in [1.54, 1.807) is 18.3 Å². The van der Waals surface area contributed by atoms with E-state index in [4.69, 9.17) is 5.73 Å². The van der Waals surface area contributed by atoms with E-state index in [0.29, 0.717) is 31.2 Å². The lowest BCUT2D eigenvalue weighted by atomic mass is 10.00. The number of halogens is 1. The van der Waals surface area contributed by atoms with Crippen LogP contribution in [-0.2, 0) is 17.8 Å². The SMILES string of the molecule is C[C@@H](CCc1cccc(F)c1)C(=O)N1CC[C@H](N(C)Cc2nccc(N)n2)C1. The summed E-state index contributed by atoms with van der Waals surface area (Å²) in [4.78, 5) is 25.4. The summed E-state index contributed by atoms with van der Waals surface area (Å²) < 4.78 is 13.3. The number of hydrogen-bond acceptors (Lipinski definition) is 5. The van der Waals surface area contributed by atoms with Gasteiger partial charge >= 0.3 is 0 Å². The number of likely N-dealkylation sites (N-methyl/N-ethyl adjacent to an activating group) is 1. The van der Waals surface area contributed by atoms with Crippen molar-refractivity contribution in [2.24, 2.45) is 5.92 Å². The van der Waals surface area contributed by atoms with Crippen molar-refractivity contribution in [3.63, 3.8) is 0 Å². The second-order valence-electron chi connectivity index (χ2n) is 7.61. The first-order valence-corrected chi connectivity index (χ1v) is 9.73. The summed E-state index contributed by atoms with van der Waals surface area (Å²) in [5.74, 6) is 1.02. The van der Waals surface area contributed by atoms with Crippen LogP contribution in [-0.4, -0.2) is 51.9 Å². The fourth-order valence-corrected chi connectivity index (χ4v) is 3.66. The molecule has 2 heterocycles. The first-order chi connectivity index (χ1) is 13.4. The first kappa shape index (κ1) is 20.2. The third-order valence-electron chi connectivity index (χ3n) is 5.39. The number of anilines is 1. The van der Waals surface area contributed by atoms with Crippen LogP contribution in [0.3, 0.4) is 0 Å². The number of nitrogen functional groups attached to an aromatic ring is 1. The molecule has 1 saturated heterocycles. The Labute approximate surface area is 165 Å². The van der Waals surface area contributed by atoms with Crippen LogP contribution in [0.25, 0.3) is 0 Å². The van der Waals surface area contributed by atoms with Crippen molar-refractivity contribution in [1.82, 2.24) is 19.8 Å². The minimum absolute atomic E-state index is 0.0791. The second kappa shape index (κ2) is 9.10. The van der Waals surface area contributed by atoms with Crippen molar-refractivity contribution in [3.8, 4) is 0 Å². The van der Waals surface area contributed by atoms with Crippen LogP contribution in [0.4, 0.5) is 10.2 Å². The van der Waals surface area contributed by atoms with E-state index in [9.17, 15) is 9.18 Å². The number of carbonyl (C=O) groups excluding carboxylic acids is 1. The van der Waals surface area contributed by atoms with Gasteiger partial charge in [-0.05, 0) is 50.1 Å². The maximum absolute atomic E-state index is 13.3. The highest BCUT2D eigenvalue weighted by Gasteiger charge is 2.31. The third kappa shape index (κ3) is 5.25. The molecule has 150 valence electrons. The summed E-state index contributed by atoms with van der Waals surface area (Å²) in [5, 5.41) is 0. The average Bonchev–Trinajstić information content (AvgIpc) is 3.16. The smallest absolute Gasteiger partial charge is 0.225 e. The molecule has 0 unspecified atom stereocenters.